The highest BCUT2D eigenvalue weighted by Crippen LogP contribution is 2.16. The summed E-state index contributed by atoms with van der Waals surface area (Å²) in [5, 5.41) is 9.75. The van der Waals surface area contributed by atoms with E-state index in [4.69, 9.17) is 18.9 Å². The lowest BCUT2D eigenvalue weighted by Crippen LogP contribution is -2.40. The van der Waals surface area contributed by atoms with Gasteiger partial charge in [-0.3, -0.25) is 9.59 Å². The van der Waals surface area contributed by atoms with Crippen molar-refractivity contribution < 1.29 is 42.9 Å². The Hall–Kier alpha value is -5.09. The molecule has 2 unspecified atom stereocenters. The third-order valence-corrected chi connectivity index (χ3v) is 14.3. The van der Waals surface area contributed by atoms with Gasteiger partial charge in [0.25, 0.3) is 6.29 Å². The minimum atomic E-state index is -1.52. The van der Waals surface area contributed by atoms with Gasteiger partial charge in [0.15, 0.2) is 6.10 Å². The second-order valence-corrected chi connectivity index (χ2v) is 23.7. The van der Waals surface area contributed by atoms with E-state index in [9.17, 15) is 19.5 Å². The Bertz CT molecular complexity index is 1990. The second kappa shape index (κ2) is 66.9. The molecule has 0 saturated carbocycles. The Balaban J connectivity index is 4.19. The molecule has 0 aromatic rings. The van der Waals surface area contributed by atoms with Crippen LogP contribution in [0.1, 0.15) is 258 Å². The number of quaternary nitrogens is 1. The third-order valence-electron chi connectivity index (χ3n) is 14.3. The van der Waals surface area contributed by atoms with Crippen LogP contribution in [0, 0.1) is 0 Å². The van der Waals surface area contributed by atoms with Crippen molar-refractivity contribution in [3.8, 4) is 0 Å². The van der Waals surface area contributed by atoms with E-state index in [2.05, 4.69) is 172 Å². The number of ether oxygens (including phenoxy) is 4. The largest absolute Gasteiger partial charge is 0.477 e. The number of rotatable bonds is 62. The van der Waals surface area contributed by atoms with E-state index in [1.807, 2.05) is 21.1 Å². The van der Waals surface area contributed by atoms with E-state index in [1.165, 1.54) is 96.3 Å². The average Bonchev–Trinajstić information content (AvgIpc) is 3.56. The van der Waals surface area contributed by atoms with Gasteiger partial charge in [-0.15, -0.1) is 0 Å². The zero-order valence-electron chi connectivity index (χ0n) is 56.1. The van der Waals surface area contributed by atoms with Crippen LogP contribution in [-0.4, -0.2) is 87.4 Å². The fraction of sp³-hybridized carbons (Fsp3) is 0.628. The fourth-order valence-electron chi connectivity index (χ4n) is 9.06. The summed E-state index contributed by atoms with van der Waals surface area (Å²) >= 11 is 0. The molecule has 9 heteroatoms. The van der Waals surface area contributed by atoms with Crippen LogP contribution in [-0.2, 0) is 33.3 Å². The summed E-state index contributed by atoms with van der Waals surface area (Å²) in [6.07, 6.45) is 96.2. The predicted octanol–water partition coefficient (Wildman–Crippen LogP) is 21.7. The molecule has 0 aliphatic carbocycles. The first-order valence-corrected chi connectivity index (χ1v) is 34.6. The Morgan fingerprint density at radius 3 is 0.920 bits per heavy atom. The number of likely N-dealkylation sites (N-methyl/N-ethyl adjacent to an activating group) is 1. The highest BCUT2D eigenvalue weighted by molar-refractivity contribution is 5.71. The Morgan fingerprint density at radius 2 is 0.621 bits per heavy atom. The molecule has 2 atom stereocenters. The summed E-state index contributed by atoms with van der Waals surface area (Å²) in [4.78, 5) is 37.6. The molecule has 1 N–H and O–H groups in total. The van der Waals surface area contributed by atoms with Crippen LogP contribution in [0.5, 0.6) is 0 Å². The first-order valence-electron chi connectivity index (χ1n) is 34.6. The molecule has 0 aliphatic heterocycles. The Labute approximate surface area is 534 Å². The summed E-state index contributed by atoms with van der Waals surface area (Å²) in [7, 11) is 5.97. The van der Waals surface area contributed by atoms with Crippen LogP contribution in [0.3, 0.4) is 0 Å². The zero-order valence-corrected chi connectivity index (χ0v) is 56.1. The number of allylic oxidation sites excluding steroid dienone is 26. The highest BCUT2D eigenvalue weighted by Gasteiger charge is 2.25. The van der Waals surface area contributed by atoms with Crippen molar-refractivity contribution in [2.75, 3.05) is 47.5 Å². The van der Waals surface area contributed by atoms with Crippen LogP contribution in [0.15, 0.2) is 158 Å². The van der Waals surface area contributed by atoms with Gasteiger partial charge in [0, 0.05) is 12.8 Å². The minimum absolute atomic E-state index is 0.179. The van der Waals surface area contributed by atoms with E-state index < -0.39 is 24.3 Å². The van der Waals surface area contributed by atoms with E-state index in [1.54, 1.807) is 0 Å². The topological polar surface area (TPSA) is 108 Å². The third kappa shape index (κ3) is 68.3. The molecular formula is C78H128NO8+. The monoisotopic (exact) mass is 1210 g/mol. The molecule has 0 radical (unpaired) electrons. The molecule has 87 heavy (non-hydrogen) atoms. The van der Waals surface area contributed by atoms with Gasteiger partial charge in [-0.05, 0) is 122 Å². The molecule has 0 fully saturated rings. The Morgan fingerprint density at radius 1 is 0.345 bits per heavy atom. The van der Waals surface area contributed by atoms with Crippen molar-refractivity contribution in [3.63, 3.8) is 0 Å². The fourth-order valence-corrected chi connectivity index (χ4v) is 9.06. The highest BCUT2D eigenvalue weighted by atomic mass is 16.7. The molecule has 492 valence electrons. The number of hydrogen-bond acceptors (Lipinski definition) is 7. The average molecular weight is 1210 g/mol. The van der Waals surface area contributed by atoms with Gasteiger partial charge in [-0.25, -0.2) is 4.79 Å². The van der Waals surface area contributed by atoms with Crippen molar-refractivity contribution in [2.24, 2.45) is 0 Å². The normalized spacial score (nSPS) is 13.7. The first-order chi connectivity index (χ1) is 42.6. The molecule has 0 aromatic carbocycles. The SMILES string of the molecule is CC/C=C\C/C=C\C/C=C\C/C=C\C/C=C\C/C=C\C/C=C\C/C=C\CCCCCCCCCCCCC(=O)OC(COC(=O)CCCCCCCCCCCCC/C=C\C/C=C\C/C=C\C/C=C\C/C=C\CC)COC(OCC[N+](C)(C)C)C(=O)O. The van der Waals surface area contributed by atoms with Crippen molar-refractivity contribution in [1.29, 1.82) is 0 Å². The maximum Gasteiger partial charge on any atom is 0.361 e. The van der Waals surface area contributed by atoms with Gasteiger partial charge in [-0.1, -0.05) is 281 Å². The quantitative estimate of drug-likeness (QED) is 0.0211. The van der Waals surface area contributed by atoms with E-state index in [0.29, 0.717) is 17.4 Å². The maximum atomic E-state index is 12.9. The van der Waals surface area contributed by atoms with Gasteiger partial charge < -0.3 is 28.5 Å². The van der Waals surface area contributed by atoms with Gasteiger partial charge in [-0.2, -0.15) is 0 Å². The number of carboxylic acids is 1. The summed E-state index contributed by atoms with van der Waals surface area (Å²) in [5.74, 6) is -2.03. The smallest absolute Gasteiger partial charge is 0.361 e. The number of carbonyl (C=O) groups is 3. The zero-order chi connectivity index (χ0) is 63.3. The van der Waals surface area contributed by atoms with Gasteiger partial charge in [0.2, 0.25) is 0 Å². The minimum Gasteiger partial charge on any atom is -0.477 e. The van der Waals surface area contributed by atoms with Crippen LogP contribution in [0.4, 0.5) is 0 Å². The van der Waals surface area contributed by atoms with E-state index >= 15 is 0 Å². The summed E-state index contributed by atoms with van der Waals surface area (Å²) in [6, 6.07) is 0. The molecular weight excluding hydrogens is 1080 g/mol. The summed E-state index contributed by atoms with van der Waals surface area (Å²) in [5.41, 5.74) is 0. The number of esters is 2. The van der Waals surface area contributed by atoms with E-state index in [-0.39, 0.29) is 38.6 Å². The molecule has 0 aromatic heterocycles. The maximum absolute atomic E-state index is 12.9. The molecule has 0 saturated heterocycles. The molecule has 0 bridgehead atoms. The van der Waals surface area contributed by atoms with Crippen LogP contribution >= 0.6 is 0 Å². The number of nitrogens with zero attached hydrogens (tertiary/aromatic N) is 1. The van der Waals surface area contributed by atoms with E-state index in [0.717, 1.165) is 128 Å². The van der Waals surface area contributed by atoms with Gasteiger partial charge >= 0.3 is 17.9 Å². The van der Waals surface area contributed by atoms with Crippen LogP contribution in [0.25, 0.3) is 0 Å². The lowest BCUT2D eigenvalue weighted by atomic mass is 10.0. The lowest BCUT2D eigenvalue weighted by molar-refractivity contribution is -0.870. The number of aliphatic carboxylic acids is 1. The van der Waals surface area contributed by atoms with Crippen molar-refractivity contribution in [1.82, 2.24) is 0 Å². The predicted molar refractivity (Wildman–Crippen MR) is 373 cm³/mol. The van der Waals surface area contributed by atoms with Crippen LogP contribution < -0.4 is 0 Å². The number of carbonyl (C=O) groups excluding carboxylic acids is 2. The molecule has 9 nitrogen and oxygen atoms in total. The van der Waals surface area contributed by atoms with Crippen molar-refractivity contribution in [3.05, 3.63) is 158 Å². The summed E-state index contributed by atoms with van der Waals surface area (Å²) < 4.78 is 23.0. The van der Waals surface area contributed by atoms with Crippen LogP contribution in [0.2, 0.25) is 0 Å². The molecule has 0 spiro atoms. The lowest BCUT2D eigenvalue weighted by Gasteiger charge is -2.25. The Kier molecular flexibility index (Phi) is 62.9. The van der Waals surface area contributed by atoms with Gasteiger partial charge in [0.1, 0.15) is 13.2 Å². The first kappa shape index (κ1) is 81.9. The van der Waals surface area contributed by atoms with Crippen molar-refractivity contribution >= 4 is 17.9 Å². The molecule has 0 rings (SSSR count). The van der Waals surface area contributed by atoms with Crippen molar-refractivity contribution in [2.45, 2.75) is 270 Å². The number of unbranched alkanes of at least 4 members (excludes halogenated alkanes) is 21. The van der Waals surface area contributed by atoms with Gasteiger partial charge in [0.05, 0.1) is 34.4 Å². The number of carboxylic acid groups (broad SMARTS) is 1. The second-order valence-electron chi connectivity index (χ2n) is 23.7. The number of hydrogen-bond donors (Lipinski definition) is 1. The molecule has 0 heterocycles. The summed E-state index contributed by atoms with van der Waals surface area (Å²) in [6.45, 7) is 4.64. The molecule has 0 amide bonds. The molecule has 0 aliphatic rings. The standard InChI is InChI=1S/C78H127NO8/c1-6-8-10-12-14-16-18-20-22-24-26-28-30-32-34-35-36-37-38-39-40-41-43-45-47-49-51-53-55-57-59-61-63-65-67-69-76(81)87-74(73-86-78(77(82)83)84-71-70-79(3,4)5)72-85-75(80)68-66-64-62-60-58-56-54-52-50-48-46-44-42-33-31-29-27-25-23-21-19-17-15-13-11-9-7-2/h8-11,14-17,20-23,26-29,32-34,36-37,39-40,42-43,45,74,78H,6-7,12-13,18-19,24-25,30-31,35,38,41,44,46-73H2,1-5H3/p+1/b10-8-,11-9-,16-14-,17-15-,22-20-,23-21-,28-26-,29-27-,34-32-,37-36-,40-39-,42-33-,45-43-.